The fourth-order valence-electron chi connectivity index (χ4n) is 2.60. The summed E-state index contributed by atoms with van der Waals surface area (Å²) in [4.78, 5) is 28.8. The Balaban J connectivity index is 2.11. The molecule has 3 rings (SSSR count). The molecule has 0 aliphatic rings. The predicted molar refractivity (Wildman–Crippen MR) is 101 cm³/mol. The van der Waals surface area contributed by atoms with Crippen LogP contribution in [-0.2, 0) is 16.1 Å². The lowest BCUT2D eigenvalue weighted by molar-refractivity contribution is -0.141. The number of methoxy groups -OCH3 is 3. The van der Waals surface area contributed by atoms with Crippen molar-refractivity contribution in [2.75, 3.05) is 21.3 Å². The highest BCUT2D eigenvalue weighted by molar-refractivity contribution is 7.16. The molecule has 0 aliphatic carbocycles. The van der Waals surface area contributed by atoms with Crippen LogP contribution in [0.2, 0.25) is 0 Å². The molecule has 146 valence electrons. The van der Waals surface area contributed by atoms with Gasteiger partial charge in [-0.3, -0.25) is 9.59 Å². The maximum Gasteiger partial charge on any atom is 0.325 e. The highest BCUT2D eigenvalue weighted by Crippen LogP contribution is 2.28. The minimum Gasteiger partial charge on any atom is -0.493 e. The van der Waals surface area contributed by atoms with E-state index in [1.165, 1.54) is 50.2 Å². The van der Waals surface area contributed by atoms with E-state index in [4.69, 9.17) is 14.2 Å². The average molecular weight is 404 g/mol. The Morgan fingerprint density at radius 3 is 2.50 bits per heavy atom. The van der Waals surface area contributed by atoms with Gasteiger partial charge < -0.3 is 18.8 Å². The van der Waals surface area contributed by atoms with E-state index in [0.717, 1.165) is 11.3 Å². The van der Waals surface area contributed by atoms with Gasteiger partial charge in [-0.15, -0.1) is 0 Å². The molecule has 7 nitrogen and oxygen atoms in total. The predicted octanol–water partition coefficient (Wildman–Crippen LogP) is 2.77. The summed E-state index contributed by atoms with van der Waals surface area (Å²) in [6.45, 7) is -0.153. The maximum atomic E-state index is 13.6. The number of esters is 1. The molecule has 0 aliphatic heterocycles. The summed E-state index contributed by atoms with van der Waals surface area (Å²) < 4.78 is 30.7. The lowest BCUT2D eigenvalue weighted by Crippen LogP contribution is -2.22. The first-order chi connectivity index (χ1) is 13.5. The number of amides is 1. The average Bonchev–Trinajstić information content (AvgIpc) is 3.02. The number of thiazole rings is 1. The summed E-state index contributed by atoms with van der Waals surface area (Å²) in [7, 11) is 4.23. The molecule has 1 amide bonds. The maximum absolute atomic E-state index is 13.6. The van der Waals surface area contributed by atoms with Crippen LogP contribution in [0.1, 0.15) is 10.4 Å². The van der Waals surface area contributed by atoms with E-state index >= 15 is 0 Å². The Labute approximate surface area is 163 Å². The molecule has 1 aromatic heterocycles. The molecule has 0 N–H and O–H groups in total. The molecule has 28 heavy (non-hydrogen) atoms. The van der Waals surface area contributed by atoms with E-state index < -0.39 is 17.7 Å². The summed E-state index contributed by atoms with van der Waals surface area (Å²) in [6, 6.07) is 8.82. The minimum atomic E-state index is -0.536. The molecule has 2 aromatic carbocycles. The standard InChI is InChI=1S/C19H17FN2O5S/c1-25-14-7-4-11(8-15(14)26-2)18(24)21-19-22(10-17(23)27-3)13-6-5-12(20)9-16(13)28-19/h4-9H,10H2,1-3H3. The van der Waals surface area contributed by atoms with Gasteiger partial charge in [0.1, 0.15) is 12.4 Å². The number of benzene rings is 2. The molecule has 9 heteroatoms. The first-order valence-electron chi connectivity index (χ1n) is 8.13. The number of carbonyl (C=O) groups excluding carboxylic acids is 2. The van der Waals surface area contributed by atoms with E-state index in [0.29, 0.717) is 21.7 Å². The lowest BCUT2D eigenvalue weighted by Gasteiger charge is -2.07. The molecule has 0 unspecified atom stereocenters. The van der Waals surface area contributed by atoms with Crippen LogP contribution in [0, 0.1) is 5.82 Å². The largest absolute Gasteiger partial charge is 0.493 e. The van der Waals surface area contributed by atoms with Crippen molar-refractivity contribution in [1.82, 2.24) is 4.57 Å². The lowest BCUT2D eigenvalue weighted by atomic mass is 10.2. The summed E-state index contributed by atoms with van der Waals surface area (Å²) in [5, 5.41) is 0. The number of hydrogen-bond donors (Lipinski definition) is 0. The number of fused-ring (bicyclic) bond motifs is 1. The molecule has 1 heterocycles. The minimum absolute atomic E-state index is 0.153. The van der Waals surface area contributed by atoms with Gasteiger partial charge in [0.15, 0.2) is 16.3 Å². The number of ether oxygens (including phenoxy) is 3. The van der Waals surface area contributed by atoms with Crippen molar-refractivity contribution in [3.63, 3.8) is 0 Å². The second kappa shape index (κ2) is 8.22. The first kappa shape index (κ1) is 19.6. The Bertz CT molecular complexity index is 1120. The van der Waals surface area contributed by atoms with Gasteiger partial charge >= 0.3 is 5.97 Å². The van der Waals surface area contributed by atoms with Crippen LogP contribution >= 0.6 is 11.3 Å². The highest BCUT2D eigenvalue weighted by atomic mass is 32.1. The van der Waals surface area contributed by atoms with Crippen molar-refractivity contribution in [2.24, 2.45) is 4.99 Å². The number of hydrogen-bond acceptors (Lipinski definition) is 6. The third kappa shape index (κ3) is 3.89. The number of halogens is 1. The molecule has 3 aromatic rings. The highest BCUT2D eigenvalue weighted by Gasteiger charge is 2.14. The van der Waals surface area contributed by atoms with Gasteiger partial charge in [0.05, 0.1) is 31.5 Å². The molecule has 0 saturated carbocycles. The van der Waals surface area contributed by atoms with Gasteiger partial charge in [-0.2, -0.15) is 4.99 Å². The van der Waals surface area contributed by atoms with Gasteiger partial charge in [0.25, 0.3) is 5.91 Å². The quantitative estimate of drug-likeness (QED) is 0.611. The van der Waals surface area contributed by atoms with E-state index in [1.807, 2.05) is 0 Å². The molecule has 0 saturated heterocycles. The van der Waals surface area contributed by atoms with Gasteiger partial charge in [-0.25, -0.2) is 4.39 Å². The van der Waals surface area contributed by atoms with Crippen LogP contribution in [0.25, 0.3) is 10.2 Å². The van der Waals surface area contributed by atoms with Gasteiger partial charge in [0.2, 0.25) is 0 Å². The molecular weight excluding hydrogens is 387 g/mol. The third-order valence-electron chi connectivity index (χ3n) is 3.99. The van der Waals surface area contributed by atoms with Crippen LogP contribution < -0.4 is 14.3 Å². The van der Waals surface area contributed by atoms with E-state index in [-0.39, 0.29) is 16.9 Å². The second-order valence-electron chi connectivity index (χ2n) is 5.65. The fraction of sp³-hybridized carbons (Fsp3) is 0.211. The summed E-state index contributed by atoms with van der Waals surface area (Å²) >= 11 is 1.10. The Hall–Kier alpha value is -3.20. The molecule has 0 spiro atoms. The van der Waals surface area contributed by atoms with Crippen molar-refractivity contribution < 1.29 is 28.2 Å². The van der Waals surface area contributed by atoms with Crippen LogP contribution in [-0.4, -0.2) is 37.8 Å². The smallest absolute Gasteiger partial charge is 0.325 e. The summed E-state index contributed by atoms with van der Waals surface area (Å²) in [5.74, 6) is -0.589. The summed E-state index contributed by atoms with van der Waals surface area (Å²) in [5.41, 5.74) is 0.863. The van der Waals surface area contributed by atoms with Crippen LogP contribution in [0.15, 0.2) is 41.4 Å². The number of carbonyl (C=O) groups is 2. The van der Waals surface area contributed by atoms with Crippen molar-refractivity contribution in [3.8, 4) is 11.5 Å². The Morgan fingerprint density at radius 1 is 1.07 bits per heavy atom. The van der Waals surface area contributed by atoms with E-state index in [9.17, 15) is 14.0 Å². The molecule has 0 atom stereocenters. The number of nitrogens with zero attached hydrogens (tertiary/aromatic N) is 2. The van der Waals surface area contributed by atoms with Gasteiger partial charge in [-0.05, 0) is 36.4 Å². The van der Waals surface area contributed by atoms with Crippen molar-refractivity contribution in [1.29, 1.82) is 0 Å². The van der Waals surface area contributed by atoms with E-state index in [2.05, 4.69) is 4.99 Å². The zero-order valence-corrected chi connectivity index (χ0v) is 16.2. The Kier molecular flexibility index (Phi) is 5.74. The number of aromatic nitrogens is 1. The topological polar surface area (TPSA) is 79.1 Å². The SMILES string of the molecule is COC(=O)Cn1c(=NC(=O)c2ccc(OC)c(OC)c2)sc2cc(F)ccc21. The molecule has 0 bridgehead atoms. The normalized spacial score (nSPS) is 11.5. The van der Waals surface area contributed by atoms with Crippen LogP contribution in [0.3, 0.4) is 0 Å². The molecule has 0 fully saturated rings. The summed E-state index contributed by atoms with van der Waals surface area (Å²) in [6.07, 6.45) is 0. The van der Waals surface area contributed by atoms with Crippen molar-refractivity contribution in [2.45, 2.75) is 6.54 Å². The molecule has 0 radical (unpaired) electrons. The van der Waals surface area contributed by atoms with Crippen LogP contribution in [0.5, 0.6) is 11.5 Å². The monoisotopic (exact) mass is 404 g/mol. The van der Waals surface area contributed by atoms with Crippen molar-refractivity contribution in [3.05, 3.63) is 52.6 Å². The van der Waals surface area contributed by atoms with Crippen LogP contribution in [0.4, 0.5) is 4.39 Å². The molecular formula is C19H17FN2O5S. The fourth-order valence-corrected chi connectivity index (χ4v) is 3.65. The zero-order chi connectivity index (χ0) is 20.3. The van der Waals surface area contributed by atoms with Gasteiger partial charge in [0, 0.05) is 5.56 Å². The zero-order valence-electron chi connectivity index (χ0n) is 15.4. The van der Waals surface area contributed by atoms with Gasteiger partial charge in [-0.1, -0.05) is 11.3 Å². The number of rotatable bonds is 5. The third-order valence-corrected chi connectivity index (χ3v) is 5.03. The second-order valence-corrected chi connectivity index (χ2v) is 6.65. The first-order valence-corrected chi connectivity index (χ1v) is 8.95. The Morgan fingerprint density at radius 2 is 1.82 bits per heavy atom. The van der Waals surface area contributed by atoms with E-state index in [1.54, 1.807) is 12.1 Å². The van der Waals surface area contributed by atoms with Crippen molar-refractivity contribution >= 4 is 33.4 Å².